The molecule has 1 aromatic carbocycles. The molecule has 0 unspecified atom stereocenters. The fourth-order valence-electron chi connectivity index (χ4n) is 1.81. The number of aromatic carboxylic acids is 1. The Bertz CT molecular complexity index is 674. The van der Waals surface area contributed by atoms with Crippen molar-refractivity contribution in [2.24, 2.45) is 0 Å². The van der Waals surface area contributed by atoms with Gasteiger partial charge in [-0.3, -0.25) is 4.79 Å². The van der Waals surface area contributed by atoms with E-state index in [9.17, 15) is 9.59 Å². The SMILES string of the molecule is Cc1csc(C(C)(C)NC(=O)c2ccc(C(=O)O)cc2)n1. The van der Waals surface area contributed by atoms with Crippen molar-refractivity contribution < 1.29 is 14.7 Å². The van der Waals surface area contributed by atoms with Crippen LogP contribution in [0.3, 0.4) is 0 Å². The second kappa shape index (κ2) is 5.65. The molecule has 1 amide bonds. The summed E-state index contributed by atoms with van der Waals surface area (Å²) in [5.74, 6) is -1.27. The first-order valence-corrected chi connectivity index (χ1v) is 7.26. The van der Waals surface area contributed by atoms with Crippen molar-refractivity contribution >= 4 is 23.2 Å². The lowest BCUT2D eigenvalue weighted by molar-refractivity contribution is 0.0696. The number of amides is 1. The Morgan fingerprint density at radius 3 is 2.24 bits per heavy atom. The van der Waals surface area contributed by atoms with Gasteiger partial charge in [-0.2, -0.15) is 0 Å². The number of thiazole rings is 1. The third-order valence-corrected chi connectivity index (χ3v) is 4.26. The second-order valence-electron chi connectivity index (χ2n) is 5.26. The molecule has 2 N–H and O–H groups in total. The third-order valence-electron chi connectivity index (χ3n) is 2.97. The van der Waals surface area contributed by atoms with Crippen LogP contribution in [0.2, 0.25) is 0 Å². The molecule has 110 valence electrons. The Hall–Kier alpha value is -2.21. The Morgan fingerprint density at radius 1 is 1.19 bits per heavy atom. The fraction of sp³-hybridized carbons (Fsp3) is 0.267. The van der Waals surface area contributed by atoms with Gasteiger partial charge in [0.05, 0.1) is 11.1 Å². The van der Waals surface area contributed by atoms with E-state index in [2.05, 4.69) is 10.3 Å². The molecule has 5 nitrogen and oxygen atoms in total. The maximum Gasteiger partial charge on any atom is 0.335 e. The predicted molar refractivity (Wildman–Crippen MR) is 80.7 cm³/mol. The summed E-state index contributed by atoms with van der Waals surface area (Å²) >= 11 is 1.50. The number of carbonyl (C=O) groups is 2. The van der Waals surface area contributed by atoms with Crippen LogP contribution in [0.15, 0.2) is 29.6 Å². The predicted octanol–water partition coefficient (Wildman–Crippen LogP) is 2.81. The minimum Gasteiger partial charge on any atom is -0.478 e. The molecule has 0 saturated heterocycles. The van der Waals surface area contributed by atoms with E-state index in [0.29, 0.717) is 5.56 Å². The van der Waals surface area contributed by atoms with Crippen LogP contribution < -0.4 is 5.32 Å². The van der Waals surface area contributed by atoms with Gasteiger partial charge in [0.2, 0.25) is 0 Å². The van der Waals surface area contributed by atoms with Gasteiger partial charge >= 0.3 is 5.97 Å². The van der Waals surface area contributed by atoms with Crippen LogP contribution in [0.5, 0.6) is 0 Å². The first-order valence-electron chi connectivity index (χ1n) is 6.38. The number of carbonyl (C=O) groups excluding carboxylic acids is 1. The minimum absolute atomic E-state index is 0.154. The average molecular weight is 304 g/mol. The van der Waals surface area contributed by atoms with Crippen molar-refractivity contribution in [3.8, 4) is 0 Å². The first-order chi connectivity index (χ1) is 9.79. The number of aryl methyl sites for hydroxylation is 1. The molecular formula is C15H16N2O3S. The van der Waals surface area contributed by atoms with Gasteiger partial charge in [-0.15, -0.1) is 11.3 Å². The standard InChI is InChI=1S/C15H16N2O3S/c1-9-8-21-14(16-9)15(2,3)17-12(18)10-4-6-11(7-5-10)13(19)20/h4-8H,1-3H3,(H,17,18)(H,19,20). The van der Waals surface area contributed by atoms with Crippen LogP contribution >= 0.6 is 11.3 Å². The van der Waals surface area contributed by atoms with E-state index in [1.165, 1.54) is 35.6 Å². The number of hydrogen-bond donors (Lipinski definition) is 2. The highest BCUT2D eigenvalue weighted by Gasteiger charge is 2.26. The van der Waals surface area contributed by atoms with Gasteiger partial charge in [-0.1, -0.05) is 0 Å². The molecule has 0 aliphatic carbocycles. The Labute approximate surface area is 126 Å². The third kappa shape index (κ3) is 3.46. The number of hydrogen-bond acceptors (Lipinski definition) is 4. The topological polar surface area (TPSA) is 79.3 Å². The summed E-state index contributed by atoms with van der Waals surface area (Å²) in [6.45, 7) is 5.67. The van der Waals surface area contributed by atoms with Crippen LogP contribution in [0.4, 0.5) is 0 Å². The molecule has 1 heterocycles. The smallest absolute Gasteiger partial charge is 0.335 e. The number of nitrogens with zero attached hydrogens (tertiary/aromatic N) is 1. The molecule has 2 rings (SSSR count). The largest absolute Gasteiger partial charge is 0.478 e. The molecule has 0 spiro atoms. The van der Waals surface area contributed by atoms with Gasteiger partial charge in [0, 0.05) is 16.6 Å². The van der Waals surface area contributed by atoms with E-state index in [4.69, 9.17) is 5.11 Å². The van der Waals surface area contributed by atoms with Crippen LogP contribution in [-0.2, 0) is 5.54 Å². The van der Waals surface area contributed by atoms with Gasteiger partial charge in [0.1, 0.15) is 5.01 Å². The van der Waals surface area contributed by atoms with Crippen molar-refractivity contribution in [1.29, 1.82) is 0 Å². The molecule has 0 aliphatic rings. The highest BCUT2D eigenvalue weighted by atomic mass is 32.1. The second-order valence-corrected chi connectivity index (χ2v) is 6.11. The maximum absolute atomic E-state index is 12.2. The van der Waals surface area contributed by atoms with E-state index in [-0.39, 0.29) is 11.5 Å². The lowest BCUT2D eigenvalue weighted by atomic mass is 10.0. The molecule has 2 aromatic rings. The Morgan fingerprint density at radius 2 is 1.76 bits per heavy atom. The van der Waals surface area contributed by atoms with Crippen molar-refractivity contribution in [2.45, 2.75) is 26.3 Å². The molecule has 0 atom stereocenters. The molecular weight excluding hydrogens is 288 g/mol. The van der Waals surface area contributed by atoms with Crippen LogP contribution in [0.25, 0.3) is 0 Å². The van der Waals surface area contributed by atoms with Crippen molar-refractivity contribution in [3.05, 3.63) is 51.5 Å². The van der Waals surface area contributed by atoms with Crippen LogP contribution in [-0.4, -0.2) is 22.0 Å². The number of rotatable bonds is 4. The molecule has 0 aliphatic heterocycles. The molecule has 0 saturated carbocycles. The van der Waals surface area contributed by atoms with Crippen molar-refractivity contribution in [2.75, 3.05) is 0 Å². The Balaban J connectivity index is 2.15. The normalized spacial score (nSPS) is 11.2. The van der Waals surface area contributed by atoms with Crippen LogP contribution in [0.1, 0.15) is 45.3 Å². The number of aromatic nitrogens is 1. The molecule has 1 aromatic heterocycles. The van der Waals surface area contributed by atoms with E-state index in [1.807, 2.05) is 26.2 Å². The summed E-state index contributed by atoms with van der Waals surface area (Å²) in [5.41, 5.74) is 0.910. The lowest BCUT2D eigenvalue weighted by Crippen LogP contribution is -2.41. The number of benzene rings is 1. The summed E-state index contributed by atoms with van der Waals surface area (Å²) < 4.78 is 0. The zero-order chi connectivity index (χ0) is 15.6. The van der Waals surface area contributed by atoms with E-state index < -0.39 is 11.5 Å². The van der Waals surface area contributed by atoms with Crippen molar-refractivity contribution in [1.82, 2.24) is 10.3 Å². The zero-order valence-corrected chi connectivity index (χ0v) is 12.8. The summed E-state index contributed by atoms with van der Waals surface area (Å²) in [4.78, 5) is 27.4. The van der Waals surface area contributed by atoms with Gasteiger partial charge in [-0.05, 0) is 45.0 Å². The molecule has 0 fully saturated rings. The van der Waals surface area contributed by atoms with E-state index in [0.717, 1.165) is 10.7 Å². The summed E-state index contributed by atoms with van der Waals surface area (Å²) in [5, 5.41) is 14.5. The maximum atomic E-state index is 12.2. The fourth-order valence-corrected chi connectivity index (χ4v) is 2.69. The molecule has 6 heteroatoms. The number of carboxylic acid groups (broad SMARTS) is 1. The highest BCUT2D eigenvalue weighted by molar-refractivity contribution is 7.09. The zero-order valence-electron chi connectivity index (χ0n) is 12.0. The quantitative estimate of drug-likeness (QED) is 0.910. The summed E-state index contributed by atoms with van der Waals surface area (Å²) in [6, 6.07) is 5.83. The molecule has 0 radical (unpaired) electrons. The summed E-state index contributed by atoms with van der Waals surface area (Å²) in [6.07, 6.45) is 0. The summed E-state index contributed by atoms with van der Waals surface area (Å²) in [7, 11) is 0. The van der Waals surface area contributed by atoms with Gasteiger partial charge in [-0.25, -0.2) is 9.78 Å². The average Bonchev–Trinajstić information content (AvgIpc) is 2.86. The van der Waals surface area contributed by atoms with Gasteiger partial charge in [0.15, 0.2) is 0 Å². The van der Waals surface area contributed by atoms with Gasteiger partial charge < -0.3 is 10.4 Å². The molecule has 21 heavy (non-hydrogen) atoms. The van der Waals surface area contributed by atoms with Crippen LogP contribution in [0, 0.1) is 6.92 Å². The number of carboxylic acids is 1. The Kier molecular flexibility index (Phi) is 4.09. The molecule has 0 bridgehead atoms. The van der Waals surface area contributed by atoms with E-state index in [1.54, 1.807) is 0 Å². The minimum atomic E-state index is -1.01. The highest BCUT2D eigenvalue weighted by Crippen LogP contribution is 2.24. The number of nitrogens with one attached hydrogen (secondary N) is 1. The van der Waals surface area contributed by atoms with Crippen molar-refractivity contribution in [3.63, 3.8) is 0 Å². The lowest BCUT2D eigenvalue weighted by Gasteiger charge is -2.23. The van der Waals surface area contributed by atoms with E-state index >= 15 is 0 Å². The monoisotopic (exact) mass is 304 g/mol. The van der Waals surface area contributed by atoms with Gasteiger partial charge in [0.25, 0.3) is 5.91 Å². The first kappa shape index (κ1) is 15.2.